The van der Waals surface area contributed by atoms with Crippen LogP contribution in [0.25, 0.3) is 0 Å². The zero-order valence-electron chi connectivity index (χ0n) is 12.9. The molecular formula is C17H25BrOSn. The maximum atomic E-state index is 6.78. The molecule has 0 amide bonds. The molecule has 0 radical (unpaired) electrons. The van der Waals surface area contributed by atoms with Crippen molar-refractivity contribution in [2.24, 2.45) is 16.7 Å². The van der Waals surface area contributed by atoms with E-state index in [-0.39, 0.29) is 0 Å². The molecule has 4 atom stereocenters. The molecule has 2 aliphatic carbocycles. The van der Waals surface area contributed by atoms with Gasteiger partial charge in [0.2, 0.25) is 0 Å². The van der Waals surface area contributed by atoms with E-state index in [2.05, 4.69) is 68.7 Å². The third-order valence-corrected chi connectivity index (χ3v) is 16.7. The van der Waals surface area contributed by atoms with Crippen molar-refractivity contribution in [3.8, 4) is 0 Å². The molecule has 0 N–H and O–H groups in total. The Balaban J connectivity index is 1.83. The summed E-state index contributed by atoms with van der Waals surface area (Å²) >= 11 is 1.23. The van der Waals surface area contributed by atoms with Gasteiger partial charge in [-0.15, -0.1) is 0 Å². The molecule has 1 unspecified atom stereocenters. The molecule has 2 aliphatic rings. The maximum absolute atomic E-state index is 6.78. The summed E-state index contributed by atoms with van der Waals surface area (Å²) in [5.41, 5.74) is 0.793. The van der Waals surface area contributed by atoms with Gasteiger partial charge in [0.05, 0.1) is 0 Å². The van der Waals surface area contributed by atoms with Crippen LogP contribution < -0.4 is 3.58 Å². The summed E-state index contributed by atoms with van der Waals surface area (Å²) in [5, 5.41) is 0. The molecule has 2 saturated carbocycles. The summed E-state index contributed by atoms with van der Waals surface area (Å²) in [6, 6.07) is 10.8. The van der Waals surface area contributed by atoms with Crippen LogP contribution in [0, 0.1) is 16.7 Å². The Hall–Kier alpha value is 0.459. The van der Waals surface area contributed by atoms with E-state index in [1.807, 2.05) is 0 Å². The molecule has 1 aromatic rings. The summed E-state index contributed by atoms with van der Waals surface area (Å²) in [4.78, 5) is 2.34. The van der Waals surface area contributed by atoms with Crippen LogP contribution in [-0.4, -0.2) is 22.7 Å². The molecule has 20 heavy (non-hydrogen) atoms. The number of fused-ring (bicyclic) bond motifs is 2. The molecule has 0 aliphatic heterocycles. The second kappa shape index (κ2) is 4.99. The molecule has 0 aromatic heterocycles. The topological polar surface area (TPSA) is 9.23 Å². The minimum atomic E-state index is -2.79. The number of benzene rings is 1. The van der Waals surface area contributed by atoms with E-state index in [0.29, 0.717) is 16.9 Å². The van der Waals surface area contributed by atoms with Gasteiger partial charge in [0, 0.05) is 0 Å². The van der Waals surface area contributed by atoms with Gasteiger partial charge >= 0.3 is 134 Å². The summed E-state index contributed by atoms with van der Waals surface area (Å²) in [5.74, 6) is 0.850. The molecular weight excluding hydrogens is 419 g/mol. The van der Waals surface area contributed by atoms with Crippen LogP contribution >= 0.6 is 12.7 Å². The van der Waals surface area contributed by atoms with Crippen LogP contribution in [-0.2, 0) is 3.07 Å². The zero-order valence-corrected chi connectivity index (χ0v) is 17.4. The Morgan fingerprint density at radius 2 is 1.85 bits per heavy atom. The first kappa shape index (κ1) is 15.4. The normalized spacial score (nSPS) is 37.9. The van der Waals surface area contributed by atoms with E-state index in [1.165, 1.54) is 22.8 Å². The van der Waals surface area contributed by atoms with Gasteiger partial charge in [-0.2, -0.15) is 0 Å². The van der Waals surface area contributed by atoms with Crippen LogP contribution in [0.5, 0.6) is 0 Å². The number of hydrogen-bond acceptors (Lipinski definition) is 1. The molecule has 3 rings (SSSR count). The van der Waals surface area contributed by atoms with Crippen molar-refractivity contribution < 1.29 is 3.07 Å². The molecule has 0 saturated heterocycles. The Kier molecular flexibility index (Phi) is 3.83. The van der Waals surface area contributed by atoms with Crippen LogP contribution in [0.1, 0.15) is 40.0 Å². The zero-order chi connectivity index (χ0) is 14.6. The third-order valence-electron chi connectivity index (χ3n) is 6.37. The minimum absolute atomic E-state index is 0.360. The average molecular weight is 444 g/mol. The van der Waals surface area contributed by atoms with Crippen molar-refractivity contribution in [2.75, 3.05) is 0 Å². The van der Waals surface area contributed by atoms with Gasteiger partial charge < -0.3 is 0 Å². The summed E-state index contributed by atoms with van der Waals surface area (Å²) in [6.45, 7) is 7.37. The van der Waals surface area contributed by atoms with Gasteiger partial charge in [-0.1, -0.05) is 0 Å². The summed E-state index contributed by atoms with van der Waals surface area (Å²) in [7, 11) is 0. The van der Waals surface area contributed by atoms with Gasteiger partial charge in [0.25, 0.3) is 0 Å². The predicted molar refractivity (Wildman–Crippen MR) is 90.7 cm³/mol. The van der Waals surface area contributed by atoms with Crippen molar-refractivity contribution in [3.05, 3.63) is 30.3 Å². The van der Waals surface area contributed by atoms with E-state index < -0.39 is 16.6 Å². The number of hydrogen-bond donors (Lipinski definition) is 0. The fraction of sp³-hybridized carbons (Fsp3) is 0.647. The fourth-order valence-electron chi connectivity index (χ4n) is 4.38. The first-order valence-corrected chi connectivity index (χ1v) is 19.5. The standard InChI is InChI=1S/C10H17O.C6H5.CH3.BrH.Sn/c1-9(2)7-4-5-10(9,3)8(11)6-7;1-2-4-6-5-3-1;;;/h7-8H,4-6H2,1-3H3;1-5H;1H3;1H;/q-1;;;;+2/p-1/t7-,8+,10+;;;;/m0..../s1. The van der Waals surface area contributed by atoms with Gasteiger partial charge in [-0.05, 0) is 0 Å². The summed E-state index contributed by atoms with van der Waals surface area (Å²) < 4.78 is 8.19. The Morgan fingerprint density at radius 1 is 1.20 bits per heavy atom. The molecule has 2 fully saturated rings. The van der Waals surface area contributed by atoms with E-state index in [0.717, 1.165) is 5.92 Å². The van der Waals surface area contributed by atoms with Crippen molar-refractivity contribution in [2.45, 2.75) is 51.1 Å². The third kappa shape index (κ3) is 2.21. The quantitative estimate of drug-likeness (QED) is 0.621. The molecule has 0 spiro atoms. The average Bonchev–Trinajstić information content (AvgIpc) is 2.72. The van der Waals surface area contributed by atoms with Gasteiger partial charge in [-0.25, -0.2) is 0 Å². The van der Waals surface area contributed by atoms with Crippen LogP contribution in [0.4, 0.5) is 0 Å². The Labute approximate surface area is 133 Å². The predicted octanol–water partition coefficient (Wildman–Crippen LogP) is 4.59. The van der Waals surface area contributed by atoms with Crippen molar-refractivity contribution in [3.63, 3.8) is 0 Å². The first-order chi connectivity index (χ1) is 9.27. The van der Waals surface area contributed by atoms with E-state index in [9.17, 15) is 0 Å². The van der Waals surface area contributed by atoms with Gasteiger partial charge in [-0.3, -0.25) is 0 Å². The van der Waals surface area contributed by atoms with Crippen molar-refractivity contribution >= 4 is 32.9 Å². The fourth-order valence-corrected chi connectivity index (χ4v) is 12.8. The van der Waals surface area contributed by atoms with Crippen molar-refractivity contribution in [1.29, 1.82) is 0 Å². The molecule has 3 heteroatoms. The van der Waals surface area contributed by atoms with Gasteiger partial charge in [0.1, 0.15) is 0 Å². The van der Waals surface area contributed by atoms with Crippen LogP contribution in [0.3, 0.4) is 0 Å². The first-order valence-electron chi connectivity index (χ1n) is 7.70. The summed E-state index contributed by atoms with van der Waals surface area (Å²) in [6.07, 6.45) is 4.42. The molecule has 2 bridgehead atoms. The van der Waals surface area contributed by atoms with Crippen LogP contribution in [0.15, 0.2) is 30.3 Å². The molecule has 0 heterocycles. The van der Waals surface area contributed by atoms with E-state index in [1.54, 1.807) is 0 Å². The SMILES string of the molecule is CC1(C)[C@H]2CC[C@]1(C)[C@H]([O][Sn]([CH3])([Br])[c]1ccccc1)C2. The Bertz CT molecular complexity index is 499. The number of halogens is 1. The Morgan fingerprint density at radius 3 is 2.35 bits per heavy atom. The molecule has 110 valence electrons. The number of rotatable bonds is 3. The second-order valence-electron chi connectivity index (χ2n) is 7.50. The molecule has 1 aromatic carbocycles. The van der Waals surface area contributed by atoms with E-state index >= 15 is 0 Å². The van der Waals surface area contributed by atoms with Gasteiger partial charge in [0.15, 0.2) is 0 Å². The second-order valence-corrected chi connectivity index (χ2v) is 25.2. The monoisotopic (exact) mass is 444 g/mol. The van der Waals surface area contributed by atoms with Crippen molar-refractivity contribution in [1.82, 2.24) is 0 Å². The van der Waals surface area contributed by atoms with Crippen LogP contribution in [0.2, 0.25) is 4.94 Å². The molecule has 1 nitrogen and oxygen atoms in total. The van der Waals surface area contributed by atoms with E-state index in [4.69, 9.17) is 3.07 Å².